The van der Waals surface area contributed by atoms with Gasteiger partial charge in [-0.25, -0.2) is 4.98 Å². The topological polar surface area (TPSA) is 33.1 Å². The molecular formula is C14H26N4. The van der Waals surface area contributed by atoms with E-state index in [1.165, 1.54) is 38.9 Å². The maximum atomic E-state index is 4.41. The summed E-state index contributed by atoms with van der Waals surface area (Å²) in [6, 6.07) is 0. The zero-order valence-corrected chi connectivity index (χ0v) is 11.9. The summed E-state index contributed by atoms with van der Waals surface area (Å²) in [6.45, 7) is 6.80. The van der Waals surface area contributed by atoms with Gasteiger partial charge in [0.25, 0.3) is 0 Å². The van der Waals surface area contributed by atoms with E-state index in [4.69, 9.17) is 0 Å². The van der Waals surface area contributed by atoms with E-state index in [0.29, 0.717) is 5.41 Å². The Labute approximate surface area is 110 Å². The van der Waals surface area contributed by atoms with Crippen LogP contribution in [-0.2, 0) is 13.6 Å². The van der Waals surface area contributed by atoms with Crippen molar-refractivity contribution in [2.45, 2.75) is 32.7 Å². The molecule has 4 nitrogen and oxygen atoms in total. The van der Waals surface area contributed by atoms with E-state index in [2.05, 4.69) is 40.8 Å². The lowest BCUT2D eigenvalue weighted by atomic mass is 9.76. The second-order valence-electron chi connectivity index (χ2n) is 5.73. The van der Waals surface area contributed by atoms with E-state index >= 15 is 0 Å². The summed E-state index contributed by atoms with van der Waals surface area (Å²) < 4.78 is 2.11. The molecule has 0 aliphatic carbocycles. The second kappa shape index (κ2) is 5.85. The lowest BCUT2D eigenvalue weighted by Gasteiger charge is -2.39. The molecule has 18 heavy (non-hydrogen) atoms. The maximum absolute atomic E-state index is 4.41. The Balaban J connectivity index is 1.93. The Morgan fingerprint density at radius 1 is 1.44 bits per heavy atom. The van der Waals surface area contributed by atoms with Crippen LogP contribution < -0.4 is 5.32 Å². The quantitative estimate of drug-likeness (QED) is 0.862. The van der Waals surface area contributed by atoms with E-state index in [1.807, 2.05) is 12.4 Å². The highest BCUT2D eigenvalue weighted by molar-refractivity contribution is 4.92. The summed E-state index contributed by atoms with van der Waals surface area (Å²) in [6.07, 6.45) is 7.77. The SMILES string of the molecule is CCC1(CN(C)Cc2nccn2C)CCNCC1. The number of piperidine rings is 1. The highest BCUT2D eigenvalue weighted by Gasteiger charge is 2.31. The van der Waals surface area contributed by atoms with E-state index in [9.17, 15) is 0 Å². The Hall–Kier alpha value is -0.870. The smallest absolute Gasteiger partial charge is 0.122 e. The maximum Gasteiger partial charge on any atom is 0.122 e. The molecule has 0 saturated carbocycles. The molecule has 0 amide bonds. The van der Waals surface area contributed by atoms with Crippen LogP contribution in [-0.4, -0.2) is 41.1 Å². The molecular weight excluding hydrogens is 224 g/mol. The van der Waals surface area contributed by atoms with Crippen molar-refractivity contribution < 1.29 is 0 Å². The summed E-state index contributed by atoms with van der Waals surface area (Å²) in [5.41, 5.74) is 0.505. The van der Waals surface area contributed by atoms with Gasteiger partial charge in [0.1, 0.15) is 5.82 Å². The second-order valence-corrected chi connectivity index (χ2v) is 5.73. The highest BCUT2D eigenvalue weighted by Crippen LogP contribution is 2.33. The standard InChI is InChI=1S/C14H26N4/c1-4-14(5-7-15-8-6-14)12-17(2)11-13-16-9-10-18(13)3/h9-10,15H,4-8,11-12H2,1-3H3. The Bertz CT molecular complexity index is 366. The Morgan fingerprint density at radius 3 is 2.72 bits per heavy atom. The molecule has 1 fully saturated rings. The number of nitrogens with one attached hydrogen (secondary N) is 1. The van der Waals surface area contributed by atoms with Crippen molar-refractivity contribution in [3.63, 3.8) is 0 Å². The third-order valence-electron chi connectivity index (χ3n) is 4.35. The van der Waals surface area contributed by atoms with Crippen LogP contribution >= 0.6 is 0 Å². The summed E-state index contributed by atoms with van der Waals surface area (Å²) in [4.78, 5) is 6.83. The molecule has 1 aromatic heterocycles. The van der Waals surface area contributed by atoms with Crippen molar-refractivity contribution in [2.75, 3.05) is 26.7 Å². The van der Waals surface area contributed by atoms with Crippen molar-refractivity contribution in [2.24, 2.45) is 12.5 Å². The molecule has 1 aromatic rings. The fourth-order valence-electron chi connectivity index (χ4n) is 3.00. The van der Waals surface area contributed by atoms with Gasteiger partial charge >= 0.3 is 0 Å². The van der Waals surface area contributed by atoms with Gasteiger partial charge in [-0.2, -0.15) is 0 Å². The van der Waals surface area contributed by atoms with Crippen LogP contribution in [0.4, 0.5) is 0 Å². The molecule has 102 valence electrons. The first-order chi connectivity index (χ1) is 8.65. The van der Waals surface area contributed by atoms with Gasteiger partial charge in [0.2, 0.25) is 0 Å². The number of nitrogens with zero attached hydrogens (tertiary/aromatic N) is 3. The molecule has 0 bridgehead atoms. The molecule has 1 N–H and O–H groups in total. The zero-order valence-electron chi connectivity index (χ0n) is 11.9. The van der Waals surface area contributed by atoms with Gasteiger partial charge in [-0.3, -0.25) is 4.90 Å². The van der Waals surface area contributed by atoms with Crippen LogP contribution in [0, 0.1) is 5.41 Å². The van der Waals surface area contributed by atoms with Gasteiger partial charge in [0, 0.05) is 26.0 Å². The van der Waals surface area contributed by atoms with Crippen LogP contribution in [0.5, 0.6) is 0 Å². The van der Waals surface area contributed by atoms with Crippen LogP contribution in [0.15, 0.2) is 12.4 Å². The number of imidazole rings is 1. The van der Waals surface area contributed by atoms with Gasteiger partial charge in [0.15, 0.2) is 0 Å². The number of hydrogen-bond donors (Lipinski definition) is 1. The minimum absolute atomic E-state index is 0.505. The van der Waals surface area contributed by atoms with Gasteiger partial charge in [-0.15, -0.1) is 0 Å². The summed E-state index contributed by atoms with van der Waals surface area (Å²) in [7, 11) is 4.28. The fraction of sp³-hybridized carbons (Fsp3) is 0.786. The number of aromatic nitrogens is 2. The van der Waals surface area contributed by atoms with Crippen molar-refractivity contribution in [1.82, 2.24) is 19.8 Å². The third-order valence-corrected chi connectivity index (χ3v) is 4.35. The van der Waals surface area contributed by atoms with Gasteiger partial charge < -0.3 is 9.88 Å². The minimum atomic E-state index is 0.505. The predicted molar refractivity (Wildman–Crippen MR) is 74.4 cm³/mol. The molecule has 1 aliphatic heterocycles. The first kappa shape index (κ1) is 13.6. The highest BCUT2D eigenvalue weighted by atomic mass is 15.2. The first-order valence-corrected chi connectivity index (χ1v) is 7.01. The van der Waals surface area contributed by atoms with Crippen LogP contribution in [0.1, 0.15) is 32.0 Å². The van der Waals surface area contributed by atoms with Gasteiger partial charge in [0.05, 0.1) is 6.54 Å². The summed E-state index contributed by atoms with van der Waals surface area (Å²) >= 11 is 0. The number of hydrogen-bond acceptors (Lipinski definition) is 3. The van der Waals surface area contributed by atoms with Gasteiger partial charge in [-0.05, 0) is 44.8 Å². The largest absolute Gasteiger partial charge is 0.337 e. The van der Waals surface area contributed by atoms with E-state index in [1.54, 1.807) is 0 Å². The van der Waals surface area contributed by atoms with Crippen molar-refractivity contribution in [1.29, 1.82) is 0 Å². The lowest BCUT2D eigenvalue weighted by molar-refractivity contribution is 0.117. The van der Waals surface area contributed by atoms with Crippen molar-refractivity contribution in [3.05, 3.63) is 18.2 Å². The molecule has 0 atom stereocenters. The molecule has 1 saturated heterocycles. The number of aryl methyl sites for hydroxylation is 1. The Morgan fingerprint density at radius 2 is 2.17 bits per heavy atom. The summed E-state index contributed by atoms with van der Waals surface area (Å²) in [5.74, 6) is 1.15. The molecule has 0 aromatic carbocycles. The minimum Gasteiger partial charge on any atom is -0.337 e. The van der Waals surface area contributed by atoms with Crippen LogP contribution in [0.25, 0.3) is 0 Å². The van der Waals surface area contributed by atoms with E-state index in [0.717, 1.165) is 12.4 Å². The number of rotatable bonds is 5. The average molecular weight is 250 g/mol. The molecule has 4 heteroatoms. The fourth-order valence-corrected chi connectivity index (χ4v) is 3.00. The first-order valence-electron chi connectivity index (χ1n) is 7.01. The molecule has 2 rings (SSSR count). The molecule has 0 unspecified atom stereocenters. The molecule has 0 spiro atoms. The van der Waals surface area contributed by atoms with Gasteiger partial charge in [-0.1, -0.05) is 6.92 Å². The average Bonchev–Trinajstić information content (AvgIpc) is 2.76. The van der Waals surface area contributed by atoms with Crippen molar-refractivity contribution >= 4 is 0 Å². The summed E-state index contributed by atoms with van der Waals surface area (Å²) in [5, 5.41) is 3.47. The Kier molecular flexibility index (Phi) is 4.40. The third kappa shape index (κ3) is 3.12. The van der Waals surface area contributed by atoms with E-state index in [-0.39, 0.29) is 0 Å². The zero-order chi connectivity index (χ0) is 13.0. The van der Waals surface area contributed by atoms with E-state index < -0.39 is 0 Å². The normalized spacial score (nSPS) is 19.3. The van der Waals surface area contributed by atoms with Crippen LogP contribution in [0.3, 0.4) is 0 Å². The predicted octanol–water partition coefficient (Wildman–Crippen LogP) is 1.63. The van der Waals surface area contributed by atoms with Crippen molar-refractivity contribution in [3.8, 4) is 0 Å². The van der Waals surface area contributed by atoms with Crippen LogP contribution in [0.2, 0.25) is 0 Å². The molecule has 2 heterocycles. The molecule has 1 aliphatic rings. The molecule has 0 radical (unpaired) electrons. The monoisotopic (exact) mass is 250 g/mol. The lowest BCUT2D eigenvalue weighted by Crippen LogP contribution is -2.43.